The van der Waals surface area contributed by atoms with E-state index < -0.39 is 6.09 Å². The van der Waals surface area contributed by atoms with Gasteiger partial charge in [0.2, 0.25) is 0 Å². The summed E-state index contributed by atoms with van der Waals surface area (Å²) in [4.78, 5) is 15.0. The van der Waals surface area contributed by atoms with E-state index in [-0.39, 0.29) is 6.04 Å². The van der Waals surface area contributed by atoms with E-state index in [0.29, 0.717) is 19.6 Å². The molecule has 1 saturated heterocycles. The van der Waals surface area contributed by atoms with Crippen LogP contribution in [0.25, 0.3) is 0 Å². The molecule has 0 N–H and O–H groups in total. The van der Waals surface area contributed by atoms with Crippen LogP contribution in [0.3, 0.4) is 0 Å². The molecule has 2 aromatic rings. The minimum atomic E-state index is -1.07. The Morgan fingerprint density at radius 3 is 2.55 bits per heavy atom. The standard InChI is InChI=1S/C18H18N2O2/c21-18(22)19-9-10-20-16-8-4-2-6-14(16)11-13-5-1-3-7-15(13)17(20)12-19/h1-8,17H,9-12H2,(H,21,22)/p-1. The number of hydrogen-bond acceptors (Lipinski definition) is 3. The van der Waals surface area contributed by atoms with Gasteiger partial charge in [0.15, 0.2) is 0 Å². The molecule has 4 heteroatoms. The summed E-state index contributed by atoms with van der Waals surface area (Å²) in [7, 11) is 0. The maximum atomic E-state index is 11.3. The zero-order chi connectivity index (χ0) is 15.1. The fourth-order valence-electron chi connectivity index (χ4n) is 3.67. The van der Waals surface area contributed by atoms with Gasteiger partial charge in [-0.1, -0.05) is 42.5 Å². The number of para-hydroxylation sites is 1. The first-order valence-corrected chi connectivity index (χ1v) is 7.62. The molecule has 112 valence electrons. The number of benzene rings is 2. The molecule has 0 spiro atoms. The molecule has 2 aliphatic heterocycles. The van der Waals surface area contributed by atoms with E-state index in [1.165, 1.54) is 27.3 Å². The highest BCUT2D eigenvalue weighted by Crippen LogP contribution is 2.38. The fraction of sp³-hybridized carbons (Fsp3) is 0.278. The Kier molecular flexibility index (Phi) is 3.03. The van der Waals surface area contributed by atoms with Gasteiger partial charge >= 0.3 is 0 Å². The Labute approximate surface area is 129 Å². The molecule has 1 unspecified atom stereocenters. The van der Waals surface area contributed by atoms with Gasteiger partial charge in [-0.3, -0.25) is 0 Å². The Bertz CT molecular complexity index is 729. The van der Waals surface area contributed by atoms with Gasteiger partial charge in [-0.25, -0.2) is 0 Å². The average molecular weight is 293 g/mol. The van der Waals surface area contributed by atoms with Gasteiger partial charge in [-0.05, 0) is 29.2 Å². The van der Waals surface area contributed by atoms with Crippen molar-refractivity contribution in [1.82, 2.24) is 4.90 Å². The number of fused-ring (bicyclic) bond motifs is 5. The smallest absolute Gasteiger partial charge is 0.137 e. The first-order valence-electron chi connectivity index (χ1n) is 7.62. The topological polar surface area (TPSA) is 46.6 Å². The predicted molar refractivity (Wildman–Crippen MR) is 82.7 cm³/mol. The summed E-state index contributed by atoms with van der Waals surface area (Å²) in [5.74, 6) is 0. The molecular formula is C18H17N2O2-. The van der Waals surface area contributed by atoms with E-state index in [1.807, 2.05) is 6.07 Å². The molecule has 0 bridgehead atoms. The quantitative estimate of drug-likeness (QED) is 0.744. The second-order valence-electron chi connectivity index (χ2n) is 5.93. The molecule has 1 atom stereocenters. The maximum absolute atomic E-state index is 11.3. The van der Waals surface area contributed by atoms with Crippen LogP contribution in [-0.4, -0.2) is 30.6 Å². The molecule has 0 aromatic heterocycles. The summed E-state index contributed by atoms with van der Waals surface area (Å²) < 4.78 is 0. The summed E-state index contributed by atoms with van der Waals surface area (Å²) in [5.41, 5.74) is 5.04. The number of piperazine rings is 1. The fourth-order valence-corrected chi connectivity index (χ4v) is 3.67. The highest BCUT2D eigenvalue weighted by atomic mass is 16.4. The number of carbonyl (C=O) groups excluding carboxylic acids is 1. The van der Waals surface area contributed by atoms with Crippen molar-refractivity contribution in [3.8, 4) is 0 Å². The Balaban J connectivity index is 1.85. The molecular weight excluding hydrogens is 276 g/mol. The molecule has 22 heavy (non-hydrogen) atoms. The van der Waals surface area contributed by atoms with Crippen LogP contribution in [0.5, 0.6) is 0 Å². The van der Waals surface area contributed by atoms with Crippen molar-refractivity contribution in [2.75, 3.05) is 24.5 Å². The van der Waals surface area contributed by atoms with Crippen LogP contribution in [0.15, 0.2) is 48.5 Å². The second kappa shape index (κ2) is 5.05. The van der Waals surface area contributed by atoms with Crippen molar-refractivity contribution in [3.63, 3.8) is 0 Å². The molecule has 0 aliphatic carbocycles. The average Bonchev–Trinajstić information content (AvgIpc) is 2.69. The van der Waals surface area contributed by atoms with Crippen LogP contribution in [0.4, 0.5) is 10.5 Å². The van der Waals surface area contributed by atoms with Crippen molar-refractivity contribution in [2.24, 2.45) is 0 Å². The minimum absolute atomic E-state index is 0.0616. The number of nitrogens with zero attached hydrogens (tertiary/aromatic N) is 2. The number of amides is 1. The zero-order valence-corrected chi connectivity index (χ0v) is 12.2. The van der Waals surface area contributed by atoms with Gasteiger partial charge in [0, 0.05) is 25.3 Å². The summed E-state index contributed by atoms with van der Waals surface area (Å²) >= 11 is 0. The van der Waals surface area contributed by atoms with Crippen LogP contribution in [0.2, 0.25) is 0 Å². The molecule has 2 aromatic carbocycles. The number of rotatable bonds is 0. The normalized spacial score (nSPS) is 19.7. The van der Waals surface area contributed by atoms with E-state index >= 15 is 0 Å². The van der Waals surface area contributed by atoms with Gasteiger partial charge < -0.3 is 19.7 Å². The number of carboxylic acid groups (broad SMARTS) is 1. The highest BCUT2D eigenvalue weighted by Gasteiger charge is 2.33. The molecule has 2 heterocycles. The van der Waals surface area contributed by atoms with Crippen molar-refractivity contribution in [3.05, 3.63) is 65.2 Å². The minimum Gasteiger partial charge on any atom is -0.530 e. The van der Waals surface area contributed by atoms with Gasteiger partial charge in [0.1, 0.15) is 6.09 Å². The van der Waals surface area contributed by atoms with Gasteiger partial charge in [-0.15, -0.1) is 0 Å². The van der Waals surface area contributed by atoms with Crippen LogP contribution >= 0.6 is 0 Å². The van der Waals surface area contributed by atoms with Gasteiger partial charge in [-0.2, -0.15) is 0 Å². The van der Waals surface area contributed by atoms with E-state index in [9.17, 15) is 9.90 Å². The molecule has 2 aliphatic rings. The summed E-state index contributed by atoms with van der Waals surface area (Å²) in [6.45, 7) is 1.66. The Hall–Kier alpha value is -2.49. The first kappa shape index (κ1) is 13.2. The first-order chi connectivity index (χ1) is 10.7. The molecule has 1 fully saturated rings. The summed E-state index contributed by atoms with van der Waals surface area (Å²) in [6, 6.07) is 16.8. The number of anilines is 1. The largest absolute Gasteiger partial charge is 0.530 e. The van der Waals surface area contributed by atoms with E-state index in [0.717, 1.165) is 6.42 Å². The lowest BCUT2D eigenvalue weighted by molar-refractivity contribution is -0.266. The number of carbonyl (C=O) groups is 1. The zero-order valence-electron chi connectivity index (χ0n) is 12.2. The van der Waals surface area contributed by atoms with Crippen LogP contribution in [0.1, 0.15) is 22.7 Å². The third-order valence-electron chi connectivity index (χ3n) is 4.73. The summed E-state index contributed by atoms with van der Waals surface area (Å²) in [6.07, 6.45) is -0.181. The van der Waals surface area contributed by atoms with E-state index in [4.69, 9.17) is 0 Å². The SMILES string of the molecule is O=C([O-])N1CCN2c3ccccc3Cc3ccccc3C2C1. The predicted octanol–water partition coefficient (Wildman–Crippen LogP) is 1.80. The van der Waals surface area contributed by atoms with Crippen molar-refractivity contribution >= 4 is 11.8 Å². The molecule has 1 amide bonds. The van der Waals surface area contributed by atoms with Gasteiger partial charge in [0.05, 0.1) is 6.04 Å². The Morgan fingerprint density at radius 1 is 1.00 bits per heavy atom. The molecule has 0 saturated carbocycles. The van der Waals surface area contributed by atoms with E-state index in [2.05, 4.69) is 47.4 Å². The van der Waals surface area contributed by atoms with Crippen molar-refractivity contribution in [2.45, 2.75) is 12.5 Å². The van der Waals surface area contributed by atoms with Crippen LogP contribution in [-0.2, 0) is 6.42 Å². The van der Waals surface area contributed by atoms with Gasteiger partial charge in [0.25, 0.3) is 0 Å². The maximum Gasteiger partial charge on any atom is 0.137 e. The third kappa shape index (κ3) is 2.03. The lowest BCUT2D eigenvalue weighted by atomic mass is 9.96. The van der Waals surface area contributed by atoms with E-state index in [1.54, 1.807) is 0 Å². The number of hydrogen-bond donors (Lipinski definition) is 0. The molecule has 4 rings (SSSR count). The van der Waals surface area contributed by atoms with Crippen LogP contribution in [0, 0.1) is 0 Å². The molecule has 0 radical (unpaired) electrons. The summed E-state index contributed by atoms with van der Waals surface area (Å²) in [5, 5.41) is 11.3. The third-order valence-corrected chi connectivity index (χ3v) is 4.73. The highest BCUT2D eigenvalue weighted by molar-refractivity contribution is 5.65. The second-order valence-corrected chi connectivity index (χ2v) is 5.93. The lowest BCUT2D eigenvalue weighted by Gasteiger charge is -2.44. The van der Waals surface area contributed by atoms with Crippen molar-refractivity contribution < 1.29 is 9.90 Å². The Morgan fingerprint density at radius 2 is 1.73 bits per heavy atom. The van der Waals surface area contributed by atoms with Crippen LogP contribution < -0.4 is 10.0 Å². The van der Waals surface area contributed by atoms with Crippen molar-refractivity contribution in [1.29, 1.82) is 0 Å². The monoisotopic (exact) mass is 293 g/mol. The molecule has 4 nitrogen and oxygen atoms in total. The lowest BCUT2D eigenvalue weighted by Crippen LogP contribution is -2.54.